The summed E-state index contributed by atoms with van der Waals surface area (Å²) in [6, 6.07) is 12.0. The van der Waals surface area contributed by atoms with Crippen LogP contribution in [0.15, 0.2) is 48.5 Å². The van der Waals surface area contributed by atoms with Crippen molar-refractivity contribution >= 4 is 23.0 Å². The molecule has 0 spiro atoms. The van der Waals surface area contributed by atoms with E-state index in [0.29, 0.717) is 16.3 Å². The van der Waals surface area contributed by atoms with E-state index in [9.17, 15) is 26.7 Å². The molecule has 3 aromatic rings. The van der Waals surface area contributed by atoms with Crippen LogP contribution in [0.3, 0.4) is 0 Å². The third-order valence-corrected chi connectivity index (χ3v) is 4.62. The van der Waals surface area contributed by atoms with Gasteiger partial charge in [0.25, 0.3) is 6.43 Å². The number of carbonyl (C=O) groups is 1. The smallest absolute Gasteiger partial charge is 0.416 e. The Labute approximate surface area is 166 Å². The van der Waals surface area contributed by atoms with Crippen molar-refractivity contribution in [3.05, 3.63) is 69.7 Å². The minimum Gasteiger partial charge on any atom is -0.477 e. The molecule has 1 aromatic heterocycles. The van der Waals surface area contributed by atoms with Gasteiger partial charge < -0.3 is 10.8 Å². The number of hydrogen-bond donors (Lipinski definition) is 2. The summed E-state index contributed by atoms with van der Waals surface area (Å²) < 4.78 is 61.3. The van der Waals surface area contributed by atoms with Gasteiger partial charge in [0.15, 0.2) is 0 Å². The van der Waals surface area contributed by atoms with Crippen LogP contribution in [-0.2, 0) is 6.18 Å². The number of hydrogen-bond acceptors (Lipinski definition) is 4. The first-order valence-corrected chi connectivity index (χ1v) is 8.83. The van der Waals surface area contributed by atoms with Crippen LogP contribution in [0, 0.1) is 6.92 Å². The molecule has 0 aliphatic heterocycles. The molecular formula is C19H15F5N2O2S. The van der Waals surface area contributed by atoms with Gasteiger partial charge in [0.1, 0.15) is 10.6 Å². The number of para-hydroxylation sites is 1. The molecule has 0 bridgehead atoms. The molecule has 0 aliphatic rings. The van der Waals surface area contributed by atoms with Gasteiger partial charge >= 0.3 is 12.1 Å². The molecule has 2 aromatic carbocycles. The SMILES string of the molecule is Cc1nc(C(F)F)c(C(=O)O)s1.Nc1ccccc1-c1ccc(C(F)(F)F)cc1. The second-order valence-corrected chi connectivity index (χ2v) is 6.92. The molecule has 3 N–H and O–H groups in total. The van der Waals surface area contributed by atoms with Crippen LogP contribution in [0.2, 0.25) is 0 Å². The highest BCUT2D eigenvalue weighted by Gasteiger charge is 2.30. The Kier molecular flexibility index (Phi) is 6.91. The van der Waals surface area contributed by atoms with Gasteiger partial charge in [-0.1, -0.05) is 30.3 Å². The van der Waals surface area contributed by atoms with E-state index in [-0.39, 0.29) is 4.88 Å². The van der Waals surface area contributed by atoms with Crippen molar-refractivity contribution in [2.24, 2.45) is 0 Å². The number of halogens is 5. The van der Waals surface area contributed by atoms with Crippen LogP contribution in [0.1, 0.15) is 32.4 Å². The number of aromatic carboxylic acids is 1. The Morgan fingerprint density at radius 1 is 1.10 bits per heavy atom. The average molecular weight is 430 g/mol. The zero-order valence-electron chi connectivity index (χ0n) is 14.9. The van der Waals surface area contributed by atoms with Gasteiger partial charge in [0.05, 0.1) is 10.6 Å². The van der Waals surface area contributed by atoms with Crippen molar-refractivity contribution in [3.63, 3.8) is 0 Å². The summed E-state index contributed by atoms with van der Waals surface area (Å²) in [6.07, 6.45) is -7.12. The molecule has 1 heterocycles. The predicted molar refractivity (Wildman–Crippen MR) is 100 cm³/mol. The van der Waals surface area contributed by atoms with Crippen molar-refractivity contribution < 1.29 is 31.9 Å². The van der Waals surface area contributed by atoms with Crippen molar-refractivity contribution in [2.45, 2.75) is 19.5 Å². The summed E-state index contributed by atoms with van der Waals surface area (Å²) in [5.41, 5.74) is 6.43. The van der Waals surface area contributed by atoms with E-state index >= 15 is 0 Å². The van der Waals surface area contributed by atoms with Gasteiger partial charge in [-0.15, -0.1) is 11.3 Å². The molecule has 0 atom stereocenters. The number of nitrogen functional groups attached to an aromatic ring is 1. The molecular weight excluding hydrogens is 415 g/mol. The van der Waals surface area contributed by atoms with Crippen LogP contribution in [-0.4, -0.2) is 16.1 Å². The first-order chi connectivity index (χ1) is 13.5. The van der Waals surface area contributed by atoms with Crippen LogP contribution in [0.4, 0.5) is 27.6 Å². The summed E-state index contributed by atoms with van der Waals surface area (Å²) in [5.74, 6) is -1.35. The number of aryl methyl sites for hydroxylation is 1. The van der Waals surface area contributed by atoms with E-state index in [2.05, 4.69) is 4.98 Å². The van der Waals surface area contributed by atoms with Crippen molar-refractivity contribution in [3.8, 4) is 11.1 Å². The number of anilines is 1. The number of carboxylic acids is 1. The standard InChI is InChI=1S/C13H10F3N.C6H5F2NO2S/c14-13(15,16)10-7-5-9(6-8-10)11-3-1-2-4-12(11)17;1-2-9-3(5(7)8)4(12-2)6(10)11/h1-8H,17H2;5H,1H3,(H,10,11). The number of aromatic nitrogens is 1. The van der Waals surface area contributed by atoms with E-state index in [0.717, 1.165) is 29.0 Å². The third-order valence-electron chi connectivity index (χ3n) is 3.65. The molecule has 4 nitrogen and oxygen atoms in total. The average Bonchev–Trinajstić information content (AvgIpc) is 3.05. The Hall–Kier alpha value is -3.01. The first-order valence-electron chi connectivity index (χ1n) is 8.01. The molecule has 3 rings (SSSR count). The minimum atomic E-state index is -4.30. The van der Waals surface area contributed by atoms with Gasteiger partial charge in [0, 0.05) is 11.3 Å². The van der Waals surface area contributed by atoms with E-state index in [1.54, 1.807) is 24.3 Å². The number of carboxylic acid groups (broad SMARTS) is 1. The highest BCUT2D eigenvalue weighted by Crippen LogP contribution is 2.32. The van der Waals surface area contributed by atoms with Crippen LogP contribution in [0.5, 0.6) is 0 Å². The van der Waals surface area contributed by atoms with Gasteiger partial charge in [-0.05, 0) is 30.7 Å². The maximum Gasteiger partial charge on any atom is 0.416 e. The zero-order chi connectivity index (χ0) is 21.8. The molecule has 0 radical (unpaired) electrons. The lowest BCUT2D eigenvalue weighted by Crippen LogP contribution is -2.04. The highest BCUT2D eigenvalue weighted by molar-refractivity contribution is 7.13. The normalized spacial score (nSPS) is 11.1. The number of rotatable bonds is 3. The molecule has 0 unspecified atom stereocenters. The Morgan fingerprint density at radius 2 is 1.69 bits per heavy atom. The van der Waals surface area contributed by atoms with Crippen LogP contribution >= 0.6 is 11.3 Å². The summed E-state index contributed by atoms with van der Waals surface area (Å²) >= 11 is 0.760. The number of benzene rings is 2. The molecule has 10 heteroatoms. The molecule has 0 saturated carbocycles. The lowest BCUT2D eigenvalue weighted by atomic mass is 10.0. The maximum atomic E-state index is 12.4. The van der Waals surface area contributed by atoms with Crippen molar-refractivity contribution in [1.82, 2.24) is 4.98 Å². The topological polar surface area (TPSA) is 76.2 Å². The summed E-state index contributed by atoms with van der Waals surface area (Å²) in [6.45, 7) is 1.49. The lowest BCUT2D eigenvalue weighted by Gasteiger charge is -2.09. The predicted octanol–water partition coefficient (Wildman–Crippen LogP) is 6.04. The third kappa shape index (κ3) is 5.74. The molecule has 29 heavy (non-hydrogen) atoms. The van der Waals surface area contributed by atoms with Gasteiger partial charge in [-0.2, -0.15) is 13.2 Å². The monoisotopic (exact) mass is 430 g/mol. The maximum absolute atomic E-state index is 12.4. The molecule has 0 fully saturated rings. The van der Waals surface area contributed by atoms with E-state index in [1.807, 2.05) is 0 Å². The Morgan fingerprint density at radius 3 is 2.14 bits per heavy atom. The Balaban J connectivity index is 0.000000221. The molecule has 0 amide bonds. The highest BCUT2D eigenvalue weighted by atomic mass is 32.1. The number of thiazole rings is 1. The summed E-state index contributed by atoms with van der Waals surface area (Å²) in [4.78, 5) is 13.4. The van der Waals surface area contributed by atoms with Crippen LogP contribution < -0.4 is 5.73 Å². The van der Waals surface area contributed by atoms with Crippen molar-refractivity contribution in [1.29, 1.82) is 0 Å². The number of nitrogens with zero attached hydrogens (tertiary/aromatic N) is 1. The fourth-order valence-electron chi connectivity index (χ4n) is 2.34. The quantitative estimate of drug-likeness (QED) is 0.392. The molecule has 0 saturated heterocycles. The largest absolute Gasteiger partial charge is 0.477 e. The fraction of sp³-hybridized carbons (Fsp3) is 0.158. The van der Waals surface area contributed by atoms with E-state index in [4.69, 9.17) is 10.8 Å². The molecule has 154 valence electrons. The lowest BCUT2D eigenvalue weighted by molar-refractivity contribution is -0.137. The molecule has 0 aliphatic carbocycles. The first kappa shape index (κ1) is 22.3. The number of alkyl halides is 5. The number of nitrogens with two attached hydrogens (primary N) is 1. The Bertz CT molecular complexity index is 985. The fourth-order valence-corrected chi connectivity index (χ4v) is 3.11. The minimum absolute atomic E-state index is 0.336. The van der Waals surface area contributed by atoms with Crippen molar-refractivity contribution in [2.75, 3.05) is 5.73 Å². The van der Waals surface area contributed by atoms with Gasteiger partial charge in [-0.3, -0.25) is 0 Å². The van der Waals surface area contributed by atoms with Crippen LogP contribution in [0.25, 0.3) is 11.1 Å². The summed E-state index contributed by atoms with van der Waals surface area (Å²) in [7, 11) is 0. The second-order valence-electron chi connectivity index (χ2n) is 5.72. The zero-order valence-corrected chi connectivity index (χ0v) is 15.7. The van der Waals surface area contributed by atoms with E-state index in [1.165, 1.54) is 19.1 Å². The van der Waals surface area contributed by atoms with E-state index < -0.39 is 29.8 Å². The van der Waals surface area contributed by atoms with Gasteiger partial charge in [0.2, 0.25) is 0 Å². The summed E-state index contributed by atoms with van der Waals surface area (Å²) in [5, 5.41) is 8.80. The second kappa shape index (κ2) is 8.99. The van der Waals surface area contributed by atoms with Gasteiger partial charge in [-0.25, -0.2) is 18.6 Å².